The number of nitro benzene ring substituents is 1. The number of sulfonamides is 1. The molecule has 0 radical (unpaired) electrons. The van der Waals surface area contributed by atoms with Crippen molar-refractivity contribution in [3.8, 4) is 0 Å². The Labute approximate surface area is 158 Å². The van der Waals surface area contributed by atoms with Crippen molar-refractivity contribution in [2.75, 3.05) is 51.4 Å². The van der Waals surface area contributed by atoms with Gasteiger partial charge >= 0.3 is 0 Å². The third-order valence-corrected chi connectivity index (χ3v) is 6.53. The van der Waals surface area contributed by atoms with Gasteiger partial charge in [0, 0.05) is 45.0 Å². The average molecular weight is 399 g/mol. The third kappa shape index (κ3) is 5.38. The lowest BCUT2D eigenvalue weighted by atomic mass is 10.2. The molecule has 1 aromatic carbocycles. The molecule has 0 unspecified atom stereocenters. The first-order chi connectivity index (χ1) is 13.0. The van der Waals surface area contributed by atoms with E-state index in [0.717, 1.165) is 19.1 Å². The lowest BCUT2D eigenvalue weighted by molar-refractivity contribution is -0.385. The number of morpholine rings is 1. The summed E-state index contributed by atoms with van der Waals surface area (Å²) in [6.07, 6.45) is 3.20. The summed E-state index contributed by atoms with van der Waals surface area (Å²) < 4.78 is 38.0. The van der Waals surface area contributed by atoms with Gasteiger partial charge in [-0.05, 0) is 31.2 Å². The van der Waals surface area contributed by atoms with Crippen LogP contribution in [0.3, 0.4) is 0 Å². The lowest BCUT2D eigenvalue weighted by Gasteiger charge is -2.27. The largest absolute Gasteiger partial charge is 0.384 e. The van der Waals surface area contributed by atoms with Gasteiger partial charge in [-0.2, -0.15) is 4.31 Å². The molecular formula is C17H25N3O6S. The Morgan fingerprint density at radius 1 is 1.30 bits per heavy atom. The number of hydrogen-bond donors (Lipinski definition) is 1. The van der Waals surface area contributed by atoms with E-state index in [1.807, 2.05) is 0 Å². The number of anilines is 1. The predicted octanol–water partition coefficient (Wildman–Crippen LogP) is 1.84. The molecule has 0 amide bonds. The van der Waals surface area contributed by atoms with Crippen LogP contribution < -0.4 is 5.32 Å². The number of hydrogen-bond acceptors (Lipinski definition) is 7. The van der Waals surface area contributed by atoms with Gasteiger partial charge in [0.2, 0.25) is 10.0 Å². The Kier molecular flexibility index (Phi) is 6.64. The van der Waals surface area contributed by atoms with Gasteiger partial charge < -0.3 is 14.8 Å². The van der Waals surface area contributed by atoms with E-state index in [1.165, 1.54) is 29.3 Å². The quantitative estimate of drug-likeness (QED) is 0.363. The summed E-state index contributed by atoms with van der Waals surface area (Å²) in [5.74, 6) is 0.706. The van der Waals surface area contributed by atoms with Crippen LogP contribution in [-0.2, 0) is 19.5 Å². The van der Waals surface area contributed by atoms with Crippen molar-refractivity contribution >= 4 is 21.4 Å². The standard InChI is InChI=1S/C17H25N3O6S/c21-20(22)15-4-5-16(18-6-1-9-26-13-14-2-3-14)17(12-15)27(23,24)19-7-10-25-11-8-19/h4-5,12,14,18H,1-3,6-11,13H2. The van der Waals surface area contributed by atoms with Crippen LogP contribution in [0.4, 0.5) is 11.4 Å². The summed E-state index contributed by atoms with van der Waals surface area (Å²) in [5.41, 5.74) is 0.120. The first kappa shape index (κ1) is 20.0. The maximum atomic E-state index is 13.0. The summed E-state index contributed by atoms with van der Waals surface area (Å²) in [5, 5.41) is 14.2. The molecule has 2 aliphatic rings. The number of non-ortho nitro benzene ring substituents is 1. The molecule has 0 atom stereocenters. The SMILES string of the molecule is O=[N+]([O-])c1ccc(NCCCOCC2CC2)c(S(=O)(=O)N2CCOCC2)c1. The highest BCUT2D eigenvalue weighted by Gasteiger charge is 2.30. The summed E-state index contributed by atoms with van der Waals surface area (Å²) in [7, 11) is -3.84. The van der Waals surface area contributed by atoms with Gasteiger partial charge in [0.05, 0.1) is 23.8 Å². The summed E-state index contributed by atoms with van der Waals surface area (Å²) in [4.78, 5) is 10.4. The van der Waals surface area contributed by atoms with Crippen LogP contribution in [-0.4, -0.2) is 63.7 Å². The van der Waals surface area contributed by atoms with Crippen molar-refractivity contribution in [2.45, 2.75) is 24.2 Å². The fraction of sp³-hybridized carbons (Fsp3) is 0.647. The van der Waals surface area contributed by atoms with E-state index in [2.05, 4.69) is 5.32 Å². The highest BCUT2D eigenvalue weighted by atomic mass is 32.2. The average Bonchev–Trinajstić information content (AvgIpc) is 3.49. The van der Waals surface area contributed by atoms with Crippen LogP contribution in [0.5, 0.6) is 0 Å². The molecule has 1 aromatic rings. The van der Waals surface area contributed by atoms with Gasteiger partial charge in [-0.25, -0.2) is 8.42 Å². The molecule has 9 nitrogen and oxygen atoms in total. The Balaban J connectivity index is 1.68. The van der Waals surface area contributed by atoms with Gasteiger partial charge in [-0.1, -0.05) is 0 Å². The van der Waals surface area contributed by atoms with Crippen molar-refractivity contribution in [2.24, 2.45) is 5.92 Å². The minimum Gasteiger partial charge on any atom is -0.384 e. The number of ether oxygens (including phenoxy) is 2. The smallest absolute Gasteiger partial charge is 0.270 e. The molecule has 1 aliphatic carbocycles. The van der Waals surface area contributed by atoms with Crippen LogP contribution in [0, 0.1) is 16.0 Å². The van der Waals surface area contributed by atoms with Crippen molar-refractivity contribution in [1.29, 1.82) is 0 Å². The Hall–Kier alpha value is -1.75. The molecule has 150 valence electrons. The number of nitro groups is 1. The third-order valence-electron chi connectivity index (χ3n) is 4.60. The van der Waals surface area contributed by atoms with E-state index in [0.29, 0.717) is 38.0 Å². The lowest BCUT2D eigenvalue weighted by Crippen LogP contribution is -2.40. The van der Waals surface area contributed by atoms with Gasteiger partial charge in [0.15, 0.2) is 0 Å². The molecule has 1 heterocycles. The van der Waals surface area contributed by atoms with E-state index in [-0.39, 0.29) is 23.7 Å². The zero-order chi connectivity index (χ0) is 19.3. The van der Waals surface area contributed by atoms with E-state index in [9.17, 15) is 18.5 Å². The predicted molar refractivity (Wildman–Crippen MR) is 99.3 cm³/mol. The fourth-order valence-electron chi connectivity index (χ4n) is 2.84. The second-order valence-corrected chi connectivity index (χ2v) is 8.66. The first-order valence-electron chi connectivity index (χ1n) is 9.16. The molecule has 0 spiro atoms. The summed E-state index contributed by atoms with van der Waals surface area (Å²) in [6, 6.07) is 3.89. The molecule has 1 saturated carbocycles. The summed E-state index contributed by atoms with van der Waals surface area (Å²) in [6.45, 7) is 3.01. The van der Waals surface area contributed by atoms with Crippen molar-refractivity contribution in [3.63, 3.8) is 0 Å². The number of nitrogens with one attached hydrogen (secondary N) is 1. The number of rotatable bonds is 10. The number of nitrogens with zero attached hydrogens (tertiary/aromatic N) is 2. The van der Waals surface area contributed by atoms with Crippen LogP contribution in [0.15, 0.2) is 23.1 Å². The molecule has 1 saturated heterocycles. The van der Waals surface area contributed by atoms with Crippen molar-refractivity contribution in [1.82, 2.24) is 4.31 Å². The van der Waals surface area contributed by atoms with Gasteiger partial charge in [-0.3, -0.25) is 10.1 Å². The molecule has 0 aromatic heterocycles. The molecular weight excluding hydrogens is 374 g/mol. The number of benzene rings is 1. The van der Waals surface area contributed by atoms with Crippen molar-refractivity contribution in [3.05, 3.63) is 28.3 Å². The zero-order valence-corrected chi connectivity index (χ0v) is 15.9. The molecule has 10 heteroatoms. The second kappa shape index (κ2) is 8.96. The second-order valence-electron chi connectivity index (χ2n) is 6.75. The normalized spacial score (nSPS) is 18.4. The van der Waals surface area contributed by atoms with E-state index in [4.69, 9.17) is 9.47 Å². The Morgan fingerprint density at radius 2 is 2.04 bits per heavy atom. The highest BCUT2D eigenvalue weighted by molar-refractivity contribution is 7.89. The van der Waals surface area contributed by atoms with Crippen molar-refractivity contribution < 1.29 is 22.8 Å². The Bertz CT molecular complexity index is 760. The molecule has 1 aliphatic heterocycles. The van der Waals surface area contributed by atoms with E-state index >= 15 is 0 Å². The minimum atomic E-state index is -3.84. The van der Waals surface area contributed by atoms with Crippen LogP contribution >= 0.6 is 0 Å². The first-order valence-corrected chi connectivity index (χ1v) is 10.6. The van der Waals surface area contributed by atoms with E-state index in [1.54, 1.807) is 0 Å². The minimum absolute atomic E-state index is 0.0718. The monoisotopic (exact) mass is 399 g/mol. The van der Waals surface area contributed by atoms with Gasteiger partial charge in [-0.15, -0.1) is 0 Å². The van der Waals surface area contributed by atoms with Gasteiger partial charge in [0.1, 0.15) is 4.90 Å². The molecule has 1 N–H and O–H groups in total. The van der Waals surface area contributed by atoms with Crippen LogP contribution in [0.1, 0.15) is 19.3 Å². The summed E-state index contributed by atoms with van der Waals surface area (Å²) >= 11 is 0. The molecule has 2 fully saturated rings. The topological polar surface area (TPSA) is 111 Å². The zero-order valence-electron chi connectivity index (χ0n) is 15.1. The van der Waals surface area contributed by atoms with Gasteiger partial charge in [0.25, 0.3) is 5.69 Å². The Morgan fingerprint density at radius 3 is 2.70 bits per heavy atom. The van der Waals surface area contributed by atoms with Crippen LogP contribution in [0.2, 0.25) is 0 Å². The fourth-order valence-corrected chi connectivity index (χ4v) is 4.44. The maximum Gasteiger partial charge on any atom is 0.270 e. The van der Waals surface area contributed by atoms with E-state index < -0.39 is 14.9 Å². The molecule has 0 bridgehead atoms. The maximum absolute atomic E-state index is 13.0. The molecule has 27 heavy (non-hydrogen) atoms. The van der Waals surface area contributed by atoms with Crippen LogP contribution in [0.25, 0.3) is 0 Å². The highest BCUT2D eigenvalue weighted by Crippen LogP contribution is 2.30. The molecule has 3 rings (SSSR count).